The van der Waals surface area contributed by atoms with Gasteiger partial charge in [0, 0.05) is 12.2 Å². The van der Waals surface area contributed by atoms with Gasteiger partial charge in [-0.25, -0.2) is 8.42 Å². The van der Waals surface area contributed by atoms with Crippen molar-refractivity contribution in [3.8, 4) is 11.5 Å². The first-order chi connectivity index (χ1) is 12.9. The Morgan fingerprint density at radius 2 is 1.85 bits per heavy atom. The highest BCUT2D eigenvalue weighted by Crippen LogP contribution is 2.28. The minimum atomic E-state index is -3.80. The van der Waals surface area contributed by atoms with Crippen molar-refractivity contribution in [1.29, 1.82) is 0 Å². The molecular formula is C18H21N3O4S2. The maximum Gasteiger partial charge on any atom is 0.261 e. The topological polar surface area (TPSA) is 88.7 Å². The number of sulfonamides is 1. The van der Waals surface area contributed by atoms with E-state index in [4.69, 9.17) is 21.7 Å². The lowest BCUT2D eigenvalue weighted by Gasteiger charge is -2.15. The molecule has 27 heavy (non-hydrogen) atoms. The van der Waals surface area contributed by atoms with Crippen LogP contribution in [0, 0.1) is 0 Å². The first-order valence-electron chi connectivity index (χ1n) is 7.90. The molecule has 0 aliphatic carbocycles. The fourth-order valence-electron chi connectivity index (χ4n) is 2.16. The third-order valence-electron chi connectivity index (χ3n) is 3.48. The van der Waals surface area contributed by atoms with Gasteiger partial charge in [-0.1, -0.05) is 6.08 Å². The number of ether oxygens (including phenoxy) is 2. The molecule has 0 fully saturated rings. The zero-order valence-corrected chi connectivity index (χ0v) is 16.6. The molecule has 0 saturated carbocycles. The molecule has 0 aromatic heterocycles. The lowest BCUT2D eigenvalue weighted by atomic mass is 10.3. The molecule has 0 amide bonds. The monoisotopic (exact) mass is 407 g/mol. The molecule has 0 aliphatic heterocycles. The number of anilines is 2. The summed E-state index contributed by atoms with van der Waals surface area (Å²) in [5.74, 6) is 1.09. The molecule has 0 bridgehead atoms. The highest BCUT2D eigenvalue weighted by atomic mass is 32.2. The van der Waals surface area contributed by atoms with Crippen molar-refractivity contribution in [2.45, 2.75) is 4.90 Å². The molecule has 0 unspecified atom stereocenters. The van der Waals surface area contributed by atoms with Crippen molar-refractivity contribution < 1.29 is 17.9 Å². The van der Waals surface area contributed by atoms with Crippen LogP contribution >= 0.6 is 12.2 Å². The zero-order valence-electron chi connectivity index (χ0n) is 15.0. The second kappa shape index (κ2) is 9.24. The van der Waals surface area contributed by atoms with Crippen molar-refractivity contribution in [2.24, 2.45) is 0 Å². The third-order valence-corrected chi connectivity index (χ3v) is 5.10. The van der Waals surface area contributed by atoms with Crippen molar-refractivity contribution in [3.05, 3.63) is 55.1 Å². The van der Waals surface area contributed by atoms with Crippen LogP contribution in [0.5, 0.6) is 11.5 Å². The van der Waals surface area contributed by atoms with Crippen LogP contribution < -0.4 is 24.8 Å². The first kappa shape index (κ1) is 20.5. The van der Waals surface area contributed by atoms with E-state index in [-0.39, 0.29) is 4.90 Å². The fourth-order valence-corrected chi connectivity index (χ4v) is 3.43. The molecule has 144 valence electrons. The molecule has 0 spiro atoms. The van der Waals surface area contributed by atoms with Crippen molar-refractivity contribution >= 4 is 38.7 Å². The second-order valence-electron chi connectivity index (χ2n) is 5.32. The normalized spacial score (nSPS) is 10.6. The van der Waals surface area contributed by atoms with E-state index in [1.54, 1.807) is 43.5 Å². The molecule has 9 heteroatoms. The van der Waals surface area contributed by atoms with Gasteiger partial charge in [-0.2, -0.15) is 0 Å². The van der Waals surface area contributed by atoms with Gasteiger partial charge in [0.05, 0.1) is 24.8 Å². The highest BCUT2D eigenvalue weighted by Gasteiger charge is 2.17. The number of benzene rings is 2. The van der Waals surface area contributed by atoms with Crippen LogP contribution in [-0.2, 0) is 10.0 Å². The van der Waals surface area contributed by atoms with E-state index in [0.717, 1.165) is 0 Å². The van der Waals surface area contributed by atoms with E-state index in [9.17, 15) is 8.42 Å². The highest BCUT2D eigenvalue weighted by molar-refractivity contribution is 7.92. The van der Waals surface area contributed by atoms with Gasteiger partial charge in [0.25, 0.3) is 10.0 Å². The minimum absolute atomic E-state index is 0.0631. The van der Waals surface area contributed by atoms with Crippen LogP contribution in [0.3, 0.4) is 0 Å². The Hall–Kier alpha value is -2.78. The van der Waals surface area contributed by atoms with Gasteiger partial charge >= 0.3 is 0 Å². The van der Waals surface area contributed by atoms with Crippen LogP contribution in [0.1, 0.15) is 0 Å². The Morgan fingerprint density at radius 3 is 2.44 bits per heavy atom. The molecule has 2 aromatic carbocycles. The molecular weight excluding hydrogens is 386 g/mol. The number of hydrogen-bond acceptors (Lipinski definition) is 5. The Balaban J connectivity index is 2.26. The Morgan fingerprint density at radius 1 is 1.15 bits per heavy atom. The third kappa shape index (κ3) is 5.60. The summed E-state index contributed by atoms with van der Waals surface area (Å²) in [6.07, 6.45) is 1.66. The quantitative estimate of drug-likeness (QED) is 0.458. The van der Waals surface area contributed by atoms with Crippen LogP contribution in [0.4, 0.5) is 11.4 Å². The lowest BCUT2D eigenvalue weighted by Crippen LogP contribution is -2.28. The lowest BCUT2D eigenvalue weighted by molar-refractivity contribution is 0.415. The van der Waals surface area contributed by atoms with Crippen LogP contribution in [0.25, 0.3) is 0 Å². The van der Waals surface area contributed by atoms with Crippen LogP contribution in [-0.4, -0.2) is 34.3 Å². The van der Waals surface area contributed by atoms with Crippen LogP contribution in [0.2, 0.25) is 0 Å². The standard InChI is InChI=1S/C18H21N3O4S2/c1-4-11-19-18(26)20-16-12-15(9-10-17(16)25-3)27(22,23)21-13-5-7-14(24-2)8-6-13/h4-10,12,21H,1,11H2,2-3H3,(H2,19,20,26). The molecule has 0 heterocycles. The van der Waals surface area contributed by atoms with E-state index >= 15 is 0 Å². The summed E-state index contributed by atoms with van der Waals surface area (Å²) in [5.41, 5.74) is 0.848. The van der Waals surface area contributed by atoms with E-state index in [2.05, 4.69) is 21.9 Å². The minimum Gasteiger partial charge on any atom is -0.497 e. The first-order valence-corrected chi connectivity index (χ1v) is 9.79. The SMILES string of the molecule is C=CCNC(=S)Nc1cc(S(=O)(=O)Nc2ccc(OC)cc2)ccc1OC. The number of nitrogens with one attached hydrogen (secondary N) is 3. The largest absolute Gasteiger partial charge is 0.497 e. The molecule has 0 atom stereocenters. The number of thiocarbonyl (C=S) groups is 1. The summed E-state index contributed by atoms with van der Waals surface area (Å²) in [5, 5.41) is 6.16. The second-order valence-corrected chi connectivity index (χ2v) is 7.41. The van der Waals surface area contributed by atoms with Gasteiger partial charge in [0.2, 0.25) is 0 Å². The van der Waals surface area contributed by atoms with E-state index < -0.39 is 10.0 Å². The summed E-state index contributed by atoms with van der Waals surface area (Å²) < 4.78 is 38.2. The van der Waals surface area contributed by atoms with Gasteiger partial charge in [-0.3, -0.25) is 4.72 Å². The summed E-state index contributed by atoms with van der Waals surface area (Å²) in [6.45, 7) is 4.08. The zero-order chi connectivity index (χ0) is 19.9. The smallest absolute Gasteiger partial charge is 0.261 e. The maximum absolute atomic E-state index is 12.7. The number of hydrogen-bond donors (Lipinski definition) is 3. The number of methoxy groups -OCH3 is 2. The Kier molecular flexibility index (Phi) is 7.03. The van der Waals surface area contributed by atoms with E-state index in [1.165, 1.54) is 19.2 Å². The molecule has 0 radical (unpaired) electrons. The van der Waals surface area contributed by atoms with E-state index in [0.29, 0.717) is 34.5 Å². The maximum atomic E-state index is 12.7. The Labute approximate surface area is 164 Å². The van der Waals surface area contributed by atoms with Crippen molar-refractivity contribution in [1.82, 2.24) is 5.32 Å². The predicted molar refractivity (Wildman–Crippen MR) is 111 cm³/mol. The van der Waals surface area contributed by atoms with Crippen molar-refractivity contribution in [3.63, 3.8) is 0 Å². The van der Waals surface area contributed by atoms with Gasteiger partial charge in [-0.05, 0) is 54.7 Å². The summed E-state index contributed by atoms with van der Waals surface area (Å²) in [7, 11) is -0.768. The van der Waals surface area contributed by atoms with Gasteiger partial charge in [0.1, 0.15) is 11.5 Å². The van der Waals surface area contributed by atoms with Crippen molar-refractivity contribution in [2.75, 3.05) is 30.8 Å². The van der Waals surface area contributed by atoms with E-state index in [1.807, 2.05) is 0 Å². The summed E-state index contributed by atoms with van der Waals surface area (Å²) in [6, 6.07) is 11.0. The van der Waals surface area contributed by atoms with Gasteiger partial charge in [0.15, 0.2) is 5.11 Å². The summed E-state index contributed by atoms with van der Waals surface area (Å²) >= 11 is 5.17. The van der Waals surface area contributed by atoms with Gasteiger partial charge in [-0.15, -0.1) is 6.58 Å². The molecule has 2 rings (SSSR count). The molecule has 3 N–H and O–H groups in total. The average molecular weight is 408 g/mol. The molecule has 0 aliphatic rings. The molecule has 2 aromatic rings. The summed E-state index contributed by atoms with van der Waals surface area (Å²) in [4.78, 5) is 0.0631. The Bertz CT molecular complexity index is 913. The molecule has 0 saturated heterocycles. The number of rotatable bonds is 8. The van der Waals surface area contributed by atoms with Crippen LogP contribution in [0.15, 0.2) is 60.0 Å². The van der Waals surface area contributed by atoms with Gasteiger partial charge < -0.3 is 20.1 Å². The predicted octanol–water partition coefficient (Wildman–Crippen LogP) is 2.98. The average Bonchev–Trinajstić information content (AvgIpc) is 2.66. The fraction of sp³-hybridized carbons (Fsp3) is 0.167. The molecule has 7 nitrogen and oxygen atoms in total.